The van der Waals surface area contributed by atoms with E-state index in [1.165, 1.54) is 62.1 Å². The molecule has 27 heavy (non-hydrogen) atoms. The van der Waals surface area contributed by atoms with Gasteiger partial charge in [-0.25, -0.2) is 4.39 Å². The van der Waals surface area contributed by atoms with Gasteiger partial charge in [0.2, 0.25) is 0 Å². The van der Waals surface area contributed by atoms with Crippen LogP contribution >= 0.6 is 0 Å². The highest BCUT2D eigenvalue weighted by Gasteiger charge is 2.34. The number of benzene rings is 2. The van der Waals surface area contributed by atoms with Gasteiger partial charge in [-0.3, -0.25) is 0 Å². The van der Waals surface area contributed by atoms with Gasteiger partial charge in [0.05, 0.1) is 5.56 Å². The van der Waals surface area contributed by atoms with E-state index in [0.29, 0.717) is 0 Å². The Morgan fingerprint density at radius 2 is 1.89 bits per heavy atom. The van der Waals surface area contributed by atoms with Gasteiger partial charge in [0, 0.05) is 0 Å². The quantitative estimate of drug-likeness (QED) is 0.575. The first kappa shape index (κ1) is 18.2. The van der Waals surface area contributed by atoms with Crippen molar-refractivity contribution in [2.75, 3.05) is 0 Å². The number of halogens is 1. The molecule has 1 nitrogen and oxygen atoms in total. The molecule has 140 valence electrons. The van der Waals surface area contributed by atoms with E-state index < -0.39 is 5.82 Å². The molecule has 2 aliphatic rings. The van der Waals surface area contributed by atoms with Gasteiger partial charge in [0.15, 0.2) is 0 Å². The number of nitriles is 1. The Kier molecular flexibility index (Phi) is 5.30. The van der Waals surface area contributed by atoms with Crippen molar-refractivity contribution >= 4 is 0 Å². The van der Waals surface area contributed by atoms with Gasteiger partial charge in [0.1, 0.15) is 11.9 Å². The zero-order valence-corrected chi connectivity index (χ0v) is 16.2. The molecular formula is C25H28FN. The number of unbranched alkanes of at least 4 members (excludes halogenated alkanes) is 1. The molecule has 0 spiro atoms. The Bertz CT molecular complexity index is 863. The van der Waals surface area contributed by atoms with Crippen molar-refractivity contribution < 1.29 is 4.39 Å². The van der Waals surface area contributed by atoms with Crippen LogP contribution in [0.5, 0.6) is 0 Å². The van der Waals surface area contributed by atoms with Crippen LogP contribution in [0.15, 0.2) is 36.4 Å². The number of nitrogens with zero attached hydrogens (tertiary/aromatic N) is 1. The minimum atomic E-state index is -0.432. The molecule has 0 bridgehead atoms. The third-order valence-corrected chi connectivity index (χ3v) is 6.81. The minimum Gasteiger partial charge on any atom is -0.206 e. The van der Waals surface area contributed by atoms with Gasteiger partial charge < -0.3 is 0 Å². The molecule has 0 N–H and O–H groups in total. The predicted octanol–water partition coefficient (Wildman–Crippen LogP) is 7.00. The van der Waals surface area contributed by atoms with E-state index in [2.05, 4.69) is 25.1 Å². The van der Waals surface area contributed by atoms with Crippen LogP contribution in [0.2, 0.25) is 0 Å². The van der Waals surface area contributed by atoms with E-state index in [4.69, 9.17) is 5.26 Å². The van der Waals surface area contributed by atoms with Crippen molar-refractivity contribution in [1.82, 2.24) is 0 Å². The topological polar surface area (TPSA) is 23.8 Å². The highest BCUT2D eigenvalue weighted by atomic mass is 19.1. The predicted molar refractivity (Wildman–Crippen MR) is 108 cm³/mol. The van der Waals surface area contributed by atoms with Crippen molar-refractivity contribution in [3.8, 4) is 17.2 Å². The molecule has 0 saturated heterocycles. The summed E-state index contributed by atoms with van der Waals surface area (Å²) in [5, 5.41) is 8.92. The summed E-state index contributed by atoms with van der Waals surface area (Å²) in [5.74, 6) is 2.08. The monoisotopic (exact) mass is 361 g/mol. The van der Waals surface area contributed by atoms with E-state index >= 15 is 0 Å². The number of rotatable bonds is 4. The summed E-state index contributed by atoms with van der Waals surface area (Å²) >= 11 is 0. The molecule has 0 amide bonds. The number of fused-ring (bicyclic) bond motifs is 3. The third-order valence-electron chi connectivity index (χ3n) is 6.81. The van der Waals surface area contributed by atoms with Gasteiger partial charge in [-0.2, -0.15) is 5.26 Å². The van der Waals surface area contributed by atoms with Gasteiger partial charge >= 0.3 is 0 Å². The molecule has 0 radical (unpaired) electrons. The Morgan fingerprint density at radius 1 is 1.07 bits per heavy atom. The number of hydrogen-bond acceptors (Lipinski definition) is 1. The second-order valence-corrected chi connectivity index (χ2v) is 8.45. The van der Waals surface area contributed by atoms with Crippen LogP contribution in [0.4, 0.5) is 4.39 Å². The molecular weight excluding hydrogens is 333 g/mol. The Morgan fingerprint density at radius 3 is 2.67 bits per heavy atom. The zero-order valence-electron chi connectivity index (χ0n) is 16.2. The van der Waals surface area contributed by atoms with E-state index in [1.54, 1.807) is 6.07 Å². The SMILES string of the molecule is CCCC[C@@H]1CC[C@@H]2c3ccc(-c4ccc(C#N)c(F)c4)cc3CC[C@H]2C1. The minimum absolute atomic E-state index is 0.111. The average Bonchev–Trinajstić information content (AvgIpc) is 2.71. The van der Waals surface area contributed by atoms with Crippen LogP contribution in [0.25, 0.3) is 11.1 Å². The average molecular weight is 362 g/mol. The fourth-order valence-electron chi connectivity index (χ4n) is 5.33. The maximum atomic E-state index is 14.0. The first-order chi connectivity index (χ1) is 13.2. The van der Waals surface area contributed by atoms with E-state index in [-0.39, 0.29) is 5.56 Å². The van der Waals surface area contributed by atoms with Gasteiger partial charge in [-0.05, 0) is 84.2 Å². The Balaban J connectivity index is 1.55. The van der Waals surface area contributed by atoms with Crippen molar-refractivity contribution in [2.24, 2.45) is 11.8 Å². The van der Waals surface area contributed by atoms with Gasteiger partial charge in [-0.15, -0.1) is 0 Å². The summed E-state index contributed by atoms with van der Waals surface area (Å²) in [5.41, 5.74) is 5.02. The summed E-state index contributed by atoms with van der Waals surface area (Å²) in [6.07, 6.45) is 10.7. The molecule has 2 aromatic carbocycles. The lowest BCUT2D eigenvalue weighted by Crippen LogP contribution is -2.28. The second kappa shape index (κ2) is 7.85. The molecule has 0 aliphatic heterocycles. The molecule has 1 saturated carbocycles. The molecule has 1 fully saturated rings. The van der Waals surface area contributed by atoms with Crippen LogP contribution in [0.3, 0.4) is 0 Å². The van der Waals surface area contributed by atoms with Crippen molar-refractivity contribution in [1.29, 1.82) is 5.26 Å². The summed E-state index contributed by atoms with van der Waals surface area (Å²) in [6.45, 7) is 2.29. The number of hydrogen-bond donors (Lipinski definition) is 0. The van der Waals surface area contributed by atoms with Gasteiger partial charge in [-0.1, -0.05) is 50.5 Å². The van der Waals surface area contributed by atoms with Crippen LogP contribution in [0, 0.1) is 29.0 Å². The summed E-state index contributed by atoms with van der Waals surface area (Å²) in [4.78, 5) is 0. The molecule has 0 heterocycles. The molecule has 2 heteroatoms. The standard InChI is InChI=1S/C25H28FN/c1-2-3-4-17-5-11-23-20(13-17)7-8-21-14-18(10-12-24(21)23)19-6-9-22(16-27)25(26)15-19/h6,9-10,12,14-15,17,20,23H,2-5,7-8,11,13H2,1H3/t17-,20+,23+/m1/s1. The molecule has 2 aliphatic carbocycles. The molecule has 0 aromatic heterocycles. The first-order valence-corrected chi connectivity index (χ1v) is 10.5. The van der Waals surface area contributed by atoms with Crippen LogP contribution in [-0.4, -0.2) is 0 Å². The Hall–Kier alpha value is -2.14. The smallest absolute Gasteiger partial charge is 0.141 e. The van der Waals surface area contributed by atoms with Crippen molar-refractivity contribution in [2.45, 2.75) is 64.2 Å². The zero-order chi connectivity index (χ0) is 18.8. The summed E-state index contributed by atoms with van der Waals surface area (Å²) < 4.78 is 14.0. The van der Waals surface area contributed by atoms with Crippen LogP contribution in [0.1, 0.15) is 74.5 Å². The first-order valence-electron chi connectivity index (χ1n) is 10.5. The largest absolute Gasteiger partial charge is 0.206 e. The fourth-order valence-corrected chi connectivity index (χ4v) is 5.33. The maximum absolute atomic E-state index is 14.0. The van der Waals surface area contributed by atoms with E-state index in [0.717, 1.165) is 35.3 Å². The van der Waals surface area contributed by atoms with Crippen molar-refractivity contribution in [3.63, 3.8) is 0 Å². The maximum Gasteiger partial charge on any atom is 0.141 e. The lowest BCUT2D eigenvalue weighted by molar-refractivity contribution is 0.200. The van der Waals surface area contributed by atoms with Crippen LogP contribution < -0.4 is 0 Å². The van der Waals surface area contributed by atoms with E-state index in [9.17, 15) is 4.39 Å². The van der Waals surface area contributed by atoms with Crippen LogP contribution in [-0.2, 0) is 6.42 Å². The summed E-state index contributed by atoms with van der Waals surface area (Å²) in [7, 11) is 0. The normalized spacial score (nSPS) is 24.0. The van der Waals surface area contributed by atoms with Crippen molar-refractivity contribution in [3.05, 3.63) is 58.9 Å². The highest BCUT2D eigenvalue weighted by molar-refractivity contribution is 5.66. The number of aryl methyl sites for hydroxylation is 1. The summed E-state index contributed by atoms with van der Waals surface area (Å²) in [6, 6.07) is 13.5. The highest BCUT2D eigenvalue weighted by Crippen LogP contribution is 2.48. The second-order valence-electron chi connectivity index (χ2n) is 8.45. The molecule has 0 unspecified atom stereocenters. The fraction of sp³-hybridized carbons (Fsp3) is 0.480. The Labute approximate surface area is 162 Å². The van der Waals surface area contributed by atoms with Gasteiger partial charge in [0.25, 0.3) is 0 Å². The lowest BCUT2D eigenvalue weighted by Gasteiger charge is -2.41. The lowest BCUT2D eigenvalue weighted by atomic mass is 9.64. The third kappa shape index (κ3) is 3.65. The molecule has 4 rings (SSSR count). The van der Waals surface area contributed by atoms with E-state index in [1.807, 2.05) is 12.1 Å². The molecule has 3 atom stereocenters. The molecule has 2 aromatic rings.